The van der Waals surface area contributed by atoms with Crippen LogP contribution in [0.4, 0.5) is 0 Å². The zero-order valence-electron chi connectivity index (χ0n) is 20.3. The number of thiocarbonyl (C=S) groups is 1. The van der Waals surface area contributed by atoms with Gasteiger partial charge in [0, 0.05) is 40.1 Å². The van der Waals surface area contributed by atoms with E-state index in [9.17, 15) is 24.0 Å². The van der Waals surface area contributed by atoms with E-state index in [4.69, 9.17) is 35.9 Å². The van der Waals surface area contributed by atoms with Crippen LogP contribution < -0.4 is 0 Å². The van der Waals surface area contributed by atoms with Crippen LogP contribution in [0.3, 0.4) is 0 Å². The molecule has 1 aromatic heterocycles. The molecule has 1 amide bonds. The Balaban J connectivity index is 2.05. The third-order valence-electron chi connectivity index (χ3n) is 5.05. The first-order valence-electron chi connectivity index (χ1n) is 11.0. The van der Waals surface area contributed by atoms with Gasteiger partial charge in [-0.05, 0) is 23.8 Å². The van der Waals surface area contributed by atoms with Crippen molar-refractivity contribution in [3.63, 3.8) is 0 Å². The third kappa shape index (κ3) is 7.11. The molecule has 37 heavy (non-hydrogen) atoms. The fourth-order valence-electron chi connectivity index (χ4n) is 3.72. The summed E-state index contributed by atoms with van der Waals surface area (Å²) in [4.78, 5) is 66.2. The second-order valence-corrected chi connectivity index (χ2v) is 9.60. The Morgan fingerprint density at radius 2 is 1.54 bits per heavy atom. The van der Waals surface area contributed by atoms with Crippen molar-refractivity contribution in [2.75, 3.05) is 6.61 Å². The maximum Gasteiger partial charge on any atom is 0.303 e. The number of rotatable bonds is 7. The summed E-state index contributed by atoms with van der Waals surface area (Å²) in [6, 6.07) is 3.39. The number of nitrogens with zero attached hydrogens (tertiary/aromatic N) is 2. The molecule has 1 aromatic rings. The molecule has 3 heterocycles. The molecule has 198 valence electrons. The van der Waals surface area contributed by atoms with Gasteiger partial charge in [-0.15, -0.1) is 0 Å². The number of pyridine rings is 1. The minimum Gasteiger partial charge on any atom is -0.463 e. The number of amides is 1. The van der Waals surface area contributed by atoms with Crippen molar-refractivity contribution in [3.8, 4) is 0 Å². The number of carbonyl (C=O) groups is 5. The fourth-order valence-corrected chi connectivity index (χ4v) is 5.03. The molecule has 2 saturated heterocycles. The van der Waals surface area contributed by atoms with Crippen molar-refractivity contribution in [3.05, 3.63) is 35.0 Å². The highest BCUT2D eigenvalue weighted by atomic mass is 32.2. The smallest absolute Gasteiger partial charge is 0.303 e. The second-order valence-electron chi connectivity index (χ2n) is 7.92. The van der Waals surface area contributed by atoms with Gasteiger partial charge in [-0.3, -0.25) is 33.9 Å². The standard InChI is InChI=1S/C23H24N2O10S2/c1-11(26)31-10-16-18(32-12(2)27)19(33-13(3)28)20(34-14(4)29)22(35-16)25-21(30)17(37-23(25)36)9-15-5-7-24-8-6-15/h5-9,16,18-20,22H,10H2,1-4H3/t16-,18-,19+,20-,22-/m1/s1. The van der Waals surface area contributed by atoms with Crippen LogP contribution in [0, 0.1) is 0 Å². The summed E-state index contributed by atoms with van der Waals surface area (Å²) in [5, 5.41) is 0. The summed E-state index contributed by atoms with van der Waals surface area (Å²) in [6.45, 7) is 4.08. The maximum atomic E-state index is 13.4. The first kappa shape index (κ1) is 28.2. The Morgan fingerprint density at radius 3 is 2.11 bits per heavy atom. The fraction of sp³-hybridized carbons (Fsp3) is 0.435. The zero-order valence-corrected chi connectivity index (χ0v) is 21.9. The van der Waals surface area contributed by atoms with E-state index in [0.29, 0.717) is 5.56 Å². The molecular formula is C23H24N2O10S2. The molecule has 0 unspecified atom stereocenters. The molecule has 12 nitrogen and oxygen atoms in total. The highest BCUT2D eigenvalue weighted by Crippen LogP contribution is 2.39. The number of carbonyl (C=O) groups excluding carboxylic acids is 5. The highest BCUT2D eigenvalue weighted by molar-refractivity contribution is 8.26. The molecule has 3 rings (SSSR count). The molecule has 0 bridgehead atoms. The summed E-state index contributed by atoms with van der Waals surface area (Å²) in [5.41, 5.74) is 0.692. The molecule has 0 spiro atoms. The van der Waals surface area contributed by atoms with Gasteiger partial charge in [0.2, 0.25) is 0 Å². The Labute approximate surface area is 221 Å². The van der Waals surface area contributed by atoms with Gasteiger partial charge in [0.05, 0.1) is 4.91 Å². The summed E-state index contributed by atoms with van der Waals surface area (Å²) in [7, 11) is 0. The van der Waals surface area contributed by atoms with E-state index in [1.54, 1.807) is 30.6 Å². The van der Waals surface area contributed by atoms with Gasteiger partial charge in [-0.2, -0.15) is 0 Å². The normalized spacial score (nSPS) is 26.5. The van der Waals surface area contributed by atoms with Crippen LogP contribution in [-0.2, 0) is 47.7 Å². The van der Waals surface area contributed by atoms with Gasteiger partial charge >= 0.3 is 23.9 Å². The highest BCUT2D eigenvalue weighted by Gasteiger charge is 2.56. The van der Waals surface area contributed by atoms with Crippen LogP contribution in [0.15, 0.2) is 29.4 Å². The summed E-state index contributed by atoms with van der Waals surface area (Å²) >= 11 is 6.43. The molecule has 0 N–H and O–H groups in total. The van der Waals surface area contributed by atoms with Crippen molar-refractivity contribution in [2.45, 2.75) is 58.3 Å². The van der Waals surface area contributed by atoms with E-state index >= 15 is 0 Å². The van der Waals surface area contributed by atoms with Crippen LogP contribution in [0.5, 0.6) is 0 Å². The first-order chi connectivity index (χ1) is 17.5. The van der Waals surface area contributed by atoms with Crippen molar-refractivity contribution in [1.29, 1.82) is 0 Å². The van der Waals surface area contributed by atoms with Gasteiger partial charge in [-0.25, -0.2) is 0 Å². The van der Waals surface area contributed by atoms with Gasteiger partial charge in [-0.1, -0.05) is 24.0 Å². The molecule has 5 atom stereocenters. The number of aromatic nitrogens is 1. The molecule has 2 aliphatic heterocycles. The summed E-state index contributed by atoms with van der Waals surface area (Å²) in [5.74, 6) is -3.54. The Kier molecular flexibility index (Phi) is 9.34. The van der Waals surface area contributed by atoms with Crippen LogP contribution >= 0.6 is 24.0 Å². The van der Waals surface area contributed by atoms with E-state index < -0.39 is 67.0 Å². The van der Waals surface area contributed by atoms with E-state index in [1.165, 1.54) is 0 Å². The monoisotopic (exact) mass is 552 g/mol. The molecule has 2 aliphatic rings. The molecule has 0 aliphatic carbocycles. The Hall–Kier alpha value is -3.36. The molecule has 0 radical (unpaired) electrons. The van der Waals surface area contributed by atoms with Gasteiger partial charge in [0.15, 0.2) is 28.9 Å². The molecular weight excluding hydrogens is 528 g/mol. The molecule has 2 fully saturated rings. The first-order valence-corrected chi connectivity index (χ1v) is 12.2. The molecule has 14 heteroatoms. The average molecular weight is 553 g/mol. The lowest BCUT2D eigenvalue weighted by Crippen LogP contribution is -2.66. The zero-order chi connectivity index (χ0) is 27.3. The minimum atomic E-state index is -1.44. The van der Waals surface area contributed by atoms with Crippen molar-refractivity contribution in [2.24, 2.45) is 0 Å². The van der Waals surface area contributed by atoms with Crippen LogP contribution in [0.1, 0.15) is 33.3 Å². The quantitative estimate of drug-likeness (QED) is 0.208. The lowest BCUT2D eigenvalue weighted by Gasteiger charge is -2.46. The predicted molar refractivity (Wildman–Crippen MR) is 131 cm³/mol. The Bertz CT molecular complexity index is 1130. The molecule has 0 saturated carbocycles. The van der Waals surface area contributed by atoms with Crippen molar-refractivity contribution < 1.29 is 47.7 Å². The number of hydrogen-bond donors (Lipinski definition) is 0. The maximum absolute atomic E-state index is 13.4. The van der Waals surface area contributed by atoms with E-state index in [-0.39, 0.29) is 9.23 Å². The van der Waals surface area contributed by atoms with Crippen LogP contribution in [-0.4, -0.2) is 81.2 Å². The minimum absolute atomic E-state index is 0.0752. The lowest BCUT2D eigenvalue weighted by atomic mass is 9.96. The SMILES string of the molecule is CC(=O)OC[C@H]1O[C@@H](N2C(=O)C(=Cc3ccncc3)SC2=S)[C@H](OC(C)=O)[C@@H](OC(C)=O)[C@@H]1OC(C)=O. The predicted octanol–water partition coefficient (Wildman–Crippen LogP) is 1.37. The third-order valence-corrected chi connectivity index (χ3v) is 6.38. The van der Waals surface area contributed by atoms with Crippen molar-refractivity contribution >= 4 is 64.2 Å². The Morgan fingerprint density at radius 1 is 0.973 bits per heavy atom. The van der Waals surface area contributed by atoms with E-state index in [1.807, 2.05) is 0 Å². The number of thioether (sulfide) groups is 1. The van der Waals surface area contributed by atoms with Crippen LogP contribution in [0.25, 0.3) is 6.08 Å². The average Bonchev–Trinajstić information content (AvgIpc) is 3.07. The van der Waals surface area contributed by atoms with Crippen LogP contribution in [0.2, 0.25) is 0 Å². The summed E-state index contributed by atoms with van der Waals surface area (Å²) < 4.78 is 27.4. The van der Waals surface area contributed by atoms with Gasteiger partial charge < -0.3 is 23.7 Å². The van der Waals surface area contributed by atoms with Crippen molar-refractivity contribution in [1.82, 2.24) is 9.88 Å². The topological polar surface area (TPSA) is 148 Å². The molecule has 0 aromatic carbocycles. The summed E-state index contributed by atoms with van der Waals surface area (Å²) in [6.07, 6.45) is -2.09. The number of esters is 4. The van der Waals surface area contributed by atoms with E-state index in [0.717, 1.165) is 44.4 Å². The lowest BCUT2D eigenvalue weighted by molar-refractivity contribution is -0.268. The largest absolute Gasteiger partial charge is 0.463 e. The number of ether oxygens (including phenoxy) is 5. The van der Waals surface area contributed by atoms with Gasteiger partial charge in [0.25, 0.3) is 5.91 Å². The van der Waals surface area contributed by atoms with Gasteiger partial charge in [0.1, 0.15) is 12.7 Å². The second kappa shape index (κ2) is 12.3. The number of hydrogen-bond acceptors (Lipinski definition) is 13. The van der Waals surface area contributed by atoms with E-state index in [2.05, 4.69) is 4.98 Å².